The molecule has 80 valence electrons. The highest BCUT2D eigenvalue weighted by molar-refractivity contribution is 7.08. The Balaban J connectivity index is 2.20. The lowest BCUT2D eigenvalue weighted by Crippen LogP contribution is -1.85. The summed E-state index contributed by atoms with van der Waals surface area (Å²) in [6.07, 6.45) is 2.72. The van der Waals surface area contributed by atoms with Gasteiger partial charge in [-0.3, -0.25) is 0 Å². The van der Waals surface area contributed by atoms with Crippen LogP contribution in [0.3, 0.4) is 0 Å². The van der Waals surface area contributed by atoms with Gasteiger partial charge in [-0.1, -0.05) is 24.3 Å². The van der Waals surface area contributed by atoms with Crippen molar-refractivity contribution in [1.29, 1.82) is 0 Å². The Hall–Kier alpha value is -1.87. The van der Waals surface area contributed by atoms with E-state index in [9.17, 15) is 4.79 Å². The lowest BCUT2D eigenvalue weighted by atomic mass is 10.1. The van der Waals surface area contributed by atoms with Crippen molar-refractivity contribution in [2.75, 3.05) is 0 Å². The number of hydrogen-bond acceptors (Lipinski definition) is 2. The van der Waals surface area contributed by atoms with E-state index in [4.69, 9.17) is 5.11 Å². The summed E-state index contributed by atoms with van der Waals surface area (Å²) in [6.45, 7) is 0. The molecule has 3 heteroatoms. The van der Waals surface area contributed by atoms with Crippen molar-refractivity contribution in [2.24, 2.45) is 0 Å². The van der Waals surface area contributed by atoms with Gasteiger partial charge in [-0.25, -0.2) is 4.79 Å². The number of hydrogen-bond donors (Lipinski definition) is 1. The molecule has 2 rings (SSSR count). The molecule has 0 saturated heterocycles. The van der Waals surface area contributed by atoms with Crippen LogP contribution in [0.2, 0.25) is 0 Å². The molecule has 0 fully saturated rings. The van der Waals surface area contributed by atoms with Crippen molar-refractivity contribution < 1.29 is 9.90 Å². The molecule has 2 nitrogen and oxygen atoms in total. The Bertz CT molecular complexity index is 495. The molecule has 0 atom stereocenters. The smallest absolute Gasteiger partial charge is 0.328 e. The van der Waals surface area contributed by atoms with E-state index < -0.39 is 5.97 Å². The van der Waals surface area contributed by atoms with E-state index in [0.29, 0.717) is 0 Å². The second kappa shape index (κ2) is 4.77. The van der Waals surface area contributed by atoms with E-state index in [2.05, 4.69) is 11.4 Å². The number of carbonyl (C=O) groups is 1. The van der Waals surface area contributed by atoms with Gasteiger partial charge in [-0.05, 0) is 39.6 Å². The van der Waals surface area contributed by atoms with Gasteiger partial charge in [0, 0.05) is 6.08 Å². The van der Waals surface area contributed by atoms with E-state index in [1.807, 2.05) is 29.6 Å². The van der Waals surface area contributed by atoms with Gasteiger partial charge in [-0.15, -0.1) is 0 Å². The molecule has 0 radical (unpaired) electrons. The molecule has 0 spiro atoms. The van der Waals surface area contributed by atoms with Crippen LogP contribution in [0.25, 0.3) is 17.2 Å². The van der Waals surface area contributed by atoms with Crippen molar-refractivity contribution in [3.63, 3.8) is 0 Å². The average molecular weight is 230 g/mol. The molecule has 1 aromatic heterocycles. The number of thiophene rings is 1. The molecule has 16 heavy (non-hydrogen) atoms. The second-order valence-corrected chi connectivity index (χ2v) is 4.09. The first-order chi connectivity index (χ1) is 7.75. The Morgan fingerprint density at radius 3 is 2.44 bits per heavy atom. The zero-order valence-electron chi connectivity index (χ0n) is 8.46. The van der Waals surface area contributed by atoms with Gasteiger partial charge in [0.15, 0.2) is 0 Å². The van der Waals surface area contributed by atoms with Crippen LogP contribution in [0.1, 0.15) is 5.56 Å². The van der Waals surface area contributed by atoms with E-state index in [1.54, 1.807) is 17.4 Å². The third-order valence-corrected chi connectivity index (χ3v) is 2.87. The first-order valence-electron chi connectivity index (χ1n) is 4.79. The van der Waals surface area contributed by atoms with E-state index >= 15 is 0 Å². The van der Waals surface area contributed by atoms with E-state index in [0.717, 1.165) is 17.2 Å². The molecule has 1 N–H and O–H groups in total. The molecular weight excluding hydrogens is 220 g/mol. The average Bonchev–Trinajstić information content (AvgIpc) is 2.80. The highest BCUT2D eigenvalue weighted by Crippen LogP contribution is 2.22. The van der Waals surface area contributed by atoms with Gasteiger partial charge >= 0.3 is 5.97 Å². The molecule has 1 heterocycles. The monoisotopic (exact) mass is 230 g/mol. The lowest BCUT2D eigenvalue weighted by Gasteiger charge is -1.98. The van der Waals surface area contributed by atoms with Crippen molar-refractivity contribution in [2.45, 2.75) is 0 Å². The molecule has 1 aromatic carbocycles. The fourth-order valence-electron chi connectivity index (χ4n) is 1.38. The molecule has 0 amide bonds. The summed E-state index contributed by atoms with van der Waals surface area (Å²) in [5.74, 6) is -0.929. The number of rotatable bonds is 3. The molecule has 0 saturated carbocycles. The standard InChI is InChI=1S/C13H10O2S/c14-13(15)6-3-10-1-4-11(5-2-10)12-7-8-16-9-12/h1-9H,(H,14,15)/b6-3+. The predicted octanol–water partition coefficient (Wildman–Crippen LogP) is 3.51. The third kappa shape index (κ3) is 2.58. The van der Waals surface area contributed by atoms with Gasteiger partial charge in [0.2, 0.25) is 0 Å². The number of carboxylic acids is 1. The van der Waals surface area contributed by atoms with Crippen molar-refractivity contribution in [1.82, 2.24) is 0 Å². The van der Waals surface area contributed by atoms with Gasteiger partial charge in [-0.2, -0.15) is 11.3 Å². The van der Waals surface area contributed by atoms with Crippen LogP contribution in [-0.2, 0) is 4.79 Å². The van der Waals surface area contributed by atoms with Crippen LogP contribution in [-0.4, -0.2) is 11.1 Å². The lowest BCUT2D eigenvalue weighted by molar-refractivity contribution is -0.131. The van der Waals surface area contributed by atoms with Crippen LogP contribution in [0, 0.1) is 0 Å². The minimum atomic E-state index is -0.929. The first-order valence-corrected chi connectivity index (χ1v) is 5.73. The maximum absolute atomic E-state index is 10.3. The summed E-state index contributed by atoms with van der Waals surface area (Å²) in [4.78, 5) is 10.3. The SMILES string of the molecule is O=C(O)/C=C/c1ccc(-c2ccsc2)cc1. The van der Waals surface area contributed by atoms with Crippen LogP contribution >= 0.6 is 11.3 Å². The van der Waals surface area contributed by atoms with Crippen molar-refractivity contribution in [3.05, 3.63) is 52.7 Å². The maximum Gasteiger partial charge on any atom is 0.328 e. The van der Waals surface area contributed by atoms with E-state index in [1.165, 1.54) is 5.56 Å². The zero-order valence-corrected chi connectivity index (χ0v) is 9.28. The predicted molar refractivity (Wildman–Crippen MR) is 66.4 cm³/mol. The Morgan fingerprint density at radius 1 is 1.12 bits per heavy atom. The van der Waals surface area contributed by atoms with Crippen LogP contribution < -0.4 is 0 Å². The fourth-order valence-corrected chi connectivity index (χ4v) is 2.05. The minimum Gasteiger partial charge on any atom is -0.478 e. The van der Waals surface area contributed by atoms with Crippen molar-refractivity contribution >= 4 is 23.4 Å². The summed E-state index contributed by atoms with van der Waals surface area (Å²) in [5, 5.41) is 12.6. The minimum absolute atomic E-state index is 0.890. The molecule has 0 unspecified atom stereocenters. The number of carboxylic acid groups (broad SMARTS) is 1. The number of aliphatic carboxylic acids is 1. The third-order valence-electron chi connectivity index (χ3n) is 2.18. The fraction of sp³-hybridized carbons (Fsp3) is 0. The normalized spacial score (nSPS) is 10.8. The summed E-state index contributed by atoms with van der Waals surface area (Å²) >= 11 is 1.66. The molecule has 2 aromatic rings. The van der Waals surface area contributed by atoms with E-state index in [-0.39, 0.29) is 0 Å². The number of benzene rings is 1. The van der Waals surface area contributed by atoms with Gasteiger partial charge in [0.1, 0.15) is 0 Å². The molecule has 0 aliphatic heterocycles. The quantitative estimate of drug-likeness (QED) is 0.819. The highest BCUT2D eigenvalue weighted by atomic mass is 32.1. The van der Waals surface area contributed by atoms with Gasteiger partial charge in [0.25, 0.3) is 0 Å². The van der Waals surface area contributed by atoms with Crippen LogP contribution in [0.15, 0.2) is 47.2 Å². The van der Waals surface area contributed by atoms with Crippen LogP contribution in [0.5, 0.6) is 0 Å². The molecule has 0 bridgehead atoms. The Morgan fingerprint density at radius 2 is 1.88 bits per heavy atom. The van der Waals surface area contributed by atoms with Gasteiger partial charge < -0.3 is 5.11 Å². The summed E-state index contributed by atoms with van der Waals surface area (Å²) in [5.41, 5.74) is 3.23. The Kier molecular flexibility index (Phi) is 3.17. The van der Waals surface area contributed by atoms with Gasteiger partial charge in [0.05, 0.1) is 0 Å². The second-order valence-electron chi connectivity index (χ2n) is 3.31. The van der Waals surface area contributed by atoms with Crippen molar-refractivity contribution in [3.8, 4) is 11.1 Å². The maximum atomic E-state index is 10.3. The highest BCUT2D eigenvalue weighted by Gasteiger charge is 1.97. The summed E-state index contributed by atoms with van der Waals surface area (Å²) < 4.78 is 0. The van der Waals surface area contributed by atoms with Crippen LogP contribution in [0.4, 0.5) is 0 Å². The topological polar surface area (TPSA) is 37.3 Å². The molecule has 0 aliphatic carbocycles. The largest absolute Gasteiger partial charge is 0.478 e. The molecular formula is C13H10O2S. The summed E-state index contributed by atoms with van der Waals surface area (Å²) in [7, 11) is 0. The first kappa shape index (κ1) is 10.6. The Labute approximate surface area is 97.5 Å². The summed E-state index contributed by atoms with van der Waals surface area (Å²) in [6, 6.07) is 9.86. The molecule has 0 aliphatic rings. The zero-order chi connectivity index (χ0) is 11.4.